The Kier molecular flexibility index (Phi) is 4.65. The molecule has 8 rings (SSSR count). The Hall–Kier alpha value is -5.02. The van der Waals surface area contributed by atoms with E-state index in [1.165, 1.54) is 44.2 Å². The predicted molar refractivity (Wildman–Crippen MR) is 160 cm³/mol. The van der Waals surface area contributed by atoms with Crippen molar-refractivity contribution in [2.24, 2.45) is 7.05 Å². The lowest BCUT2D eigenvalue weighted by Gasteiger charge is -2.22. The zero-order chi connectivity index (χ0) is 26.1. The Morgan fingerprint density at radius 3 is 2.00 bits per heavy atom. The molecule has 0 amide bonds. The van der Waals surface area contributed by atoms with Crippen molar-refractivity contribution in [2.75, 3.05) is 0 Å². The summed E-state index contributed by atoms with van der Waals surface area (Å²) in [4.78, 5) is 5.34. The number of hydrogen-bond acceptors (Lipinski definition) is 1. The van der Waals surface area contributed by atoms with Crippen molar-refractivity contribution in [1.82, 2.24) is 9.55 Å². The topological polar surface area (TPSA) is 21.7 Å². The molecule has 0 radical (unpaired) electrons. The molecule has 7 aromatic rings. The first-order valence-electron chi connectivity index (χ1n) is 13.4. The molecular weight excluding hydrogens is 474 g/mol. The van der Waals surface area contributed by atoms with Gasteiger partial charge in [-0.3, -0.25) is 4.57 Å². The van der Waals surface area contributed by atoms with Crippen molar-refractivity contribution in [3.8, 4) is 50.6 Å². The Balaban J connectivity index is 1.57. The monoisotopic (exact) mass is 500 g/mol. The van der Waals surface area contributed by atoms with Crippen LogP contribution in [0.25, 0.3) is 72.4 Å². The molecule has 3 heteroatoms. The molecule has 0 saturated carbocycles. The van der Waals surface area contributed by atoms with Crippen LogP contribution in [0.3, 0.4) is 0 Å². The van der Waals surface area contributed by atoms with Gasteiger partial charge in [-0.15, -0.1) is 0 Å². The van der Waals surface area contributed by atoms with Gasteiger partial charge in [0.1, 0.15) is 23.9 Å². The second-order valence-corrected chi connectivity index (χ2v) is 10.3. The summed E-state index contributed by atoms with van der Waals surface area (Å²) in [7, 11) is 2.14. The highest BCUT2D eigenvalue weighted by molar-refractivity contribution is 6.01. The van der Waals surface area contributed by atoms with Gasteiger partial charge in [0.25, 0.3) is 0 Å². The van der Waals surface area contributed by atoms with Crippen molar-refractivity contribution in [2.45, 2.75) is 6.92 Å². The minimum atomic E-state index is 0.966. The average Bonchev–Trinajstić information content (AvgIpc) is 3.36. The normalized spacial score (nSPS) is 11.8. The van der Waals surface area contributed by atoms with Gasteiger partial charge >= 0.3 is 0 Å². The first-order chi connectivity index (χ1) is 19.2. The van der Waals surface area contributed by atoms with Crippen LogP contribution in [0.1, 0.15) is 5.56 Å². The zero-order valence-electron chi connectivity index (χ0n) is 21.9. The van der Waals surface area contributed by atoms with Crippen molar-refractivity contribution in [3.63, 3.8) is 0 Å². The van der Waals surface area contributed by atoms with E-state index in [0.29, 0.717) is 0 Å². The number of nitrogens with zero attached hydrogens (tertiary/aromatic N) is 3. The zero-order valence-corrected chi connectivity index (χ0v) is 21.9. The number of aryl methyl sites for hydroxylation is 2. The number of aromatic nitrogens is 3. The quantitative estimate of drug-likeness (QED) is 0.208. The molecule has 39 heavy (non-hydrogen) atoms. The third-order valence-electron chi connectivity index (χ3n) is 8.21. The number of benzene rings is 5. The number of pyridine rings is 1. The van der Waals surface area contributed by atoms with Gasteiger partial charge in [0.2, 0.25) is 5.69 Å². The maximum Gasteiger partial charge on any atom is 0.239 e. The van der Waals surface area contributed by atoms with E-state index in [1.807, 2.05) is 0 Å². The molecular formula is C36H26N3+. The number of imidazole rings is 1. The fourth-order valence-electron chi connectivity index (χ4n) is 6.38. The molecule has 0 unspecified atom stereocenters. The number of para-hydroxylation sites is 1. The molecule has 3 nitrogen and oxygen atoms in total. The molecule has 184 valence electrons. The maximum absolute atomic E-state index is 5.34. The van der Waals surface area contributed by atoms with Crippen LogP contribution in [0.4, 0.5) is 0 Å². The largest absolute Gasteiger partial charge is 0.286 e. The van der Waals surface area contributed by atoms with Crippen LogP contribution < -0.4 is 4.57 Å². The van der Waals surface area contributed by atoms with Crippen LogP contribution in [0.5, 0.6) is 0 Å². The van der Waals surface area contributed by atoms with Crippen LogP contribution in [0, 0.1) is 6.92 Å². The van der Waals surface area contributed by atoms with Crippen molar-refractivity contribution >= 4 is 21.8 Å². The van der Waals surface area contributed by atoms with E-state index in [0.717, 1.165) is 33.8 Å². The predicted octanol–water partition coefficient (Wildman–Crippen LogP) is 8.29. The Bertz CT molecular complexity index is 2100. The third kappa shape index (κ3) is 3.10. The highest BCUT2D eigenvalue weighted by Gasteiger charge is 2.29. The van der Waals surface area contributed by atoms with Gasteiger partial charge in [-0.25, -0.2) is 4.98 Å². The highest BCUT2D eigenvalue weighted by Crippen LogP contribution is 2.45. The van der Waals surface area contributed by atoms with Gasteiger partial charge in [-0.2, -0.15) is 4.57 Å². The summed E-state index contributed by atoms with van der Waals surface area (Å²) in [6, 6.07) is 41.4. The molecule has 0 aliphatic carbocycles. The molecule has 1 aliphatic rings. The van der Waals surface area contributed by atoms with Gasteiger partial charge in [-0.1, -0.05) is 97.1 Å². The average molecular weight is 501 g/mol. The SMILES string of the molecule is Cc1c(-c2c3c(cc[n+]2C)nc2n3-c3ccccc3-c3ccccc3-c3ccccc3-2)ccc2ccccc12. The lowest BCUT2D eigenvalue weighted by molar-refractivity contribution is -0.659. The Morgan fingerprint density at radius 2 is 1.21 bits per heavy atom. The molecule has 0 N–H and O–H groups in total. The van der Waals surface area contributed by atoms with Crippen LogP contribution in [-0.4, -0.2) is 9.55 Å². The molecule has 0 fully saturated rings. The van der Waals surface area contributed by atoms with Crippen LogP contribution in [-0.2, 0) is 7.05 Å². The van der Waals surface area contributed by atoms with Crippen LogP contribution in [0.2, 0.25) is 0 Å². The minimum Gasteiger partial charge on any atom is -0.286 e. The summed E-state index contributed by atoms with van der Waals surface area (Å²) in [5, 5.41) is 2.53. The molecule has 3 heterocycles. The van der Waals surface area contributed by atoms with Gasteiger partial charge in [0, 0.05) is 17.2 Å². The minimum absolute atomic E-state index is 0.966. The lowest BCUT2D eigenvalue weighted by Crippen LogP contribution is -2.31. The van der Waals surface area contributed by atoms with Crippen molar-refractivity contribution in [1.29, 1.82) is 0 Å². The summed E-state index contributed by atoms with van der Waals surface area (Å²) in [6.07, 6.45) is 2.14. The Labute approximate surface area is 227 Å². The number of rotatable bonds is 1. The summed E-state index contributed by atoms with van der Waals surface area (Å²) in [5.74, 6) is 0.966. The van der Waals surface area contributed by atoms with Gasteiger partial charge in [0.15, 0.2) is 6.20 Å². The summed E-state index contributed by atoms with van der Waals surface area (Å²) < 4.78 is 4.64. The second-order valence-electron chi connectivity index (χ2n) is 10.3. The number of hydrogen-bond donors (Lipinski definition) is 0. The molecule has 0 saturated heterocycles. The van der Waals surface area contributed by atoms with Crippen LogP contribution >= 0.6 is 0 Å². The standard InChI is InChI=1S/C36H26N3/c1-23-25-12-4-3-11-24(25)19-20-26(23)34-35-32(21-22-38(34)2)37-36-31-17-8-7-15-29(31)27-13-5-6-14-28(27)30-16-9-10-18-33(30)39(35)36/h3-22H,1-2H3/q+1. The molecule has 1 aliphatic heterocycles. The van der Waals surface area contributed by atoms with E-state index in [2.05, 4.69) is 145 Å². The first-order valence-corrected chi connectivity index (χ1v) is 13.4. The molecule has 0 bridgehead atoms. The van der Waals surface area contributed by atoms with E-state index < -0.39 is 0 Å². The van der Waals surface area contributed by atoms with Gasteiger partial charge in [-0.05, 0) is 52.1 Å². The fraction of sp³-hybridized carbons (Fsp3) is 0.0556. The van der Waals surface area contributed by atoms with Gasteiger partial charge < -0.3 is 0 Å². The third-order valence-corrected chi connectivity index (χ3v) is 8.21. The highest BCUT2D eigenvalue weighted by atomic mass is 15.1. The van der Waals surface area contributed by atoms with Crippen LogP contribution in [0.15, 0.2) is 121 Å². The fourth-order valence-corrected chi connectivity index (χ4v) is 6.38. The summed E-state index contributed by atoms with van der Waals surface area (Å²) in [6.45, 7) is 2.24. The van der Waals surface area contributed by atoms with Gasteiger partial charge in [0.05, 0.1) is 11.3 Å². The summed E-state index contributed by atoms with van der Waals surface area (Å²) in [5.41, 5.74) is 12.9. The van der Waals surface area contributed by atoms with E-state index in [4.69, 9.17) is 4.98 Å². The molecule has 5 aromatic carbocycles. The van der Waals surface area contributed by atoms with Crippen molar-refractivity contribution < 1.29 is 4.57 Å². The van der Waals surface area contributed by atoms with E-state index >= 15 is 0 Å². The van der Waals surface area contributed by atoms with E-state index in [-0.39, 0.29) is 0 Å². The van der Waals surface area contributed by atoms with E-state index in [9.17, 15) is 0 Å². The number of fused-ring (bicyclic) bond motifs is 11. The van der Waals surface area contributed by atoms with E-state index in [1.54, 1.807) is 0 Å². The molecule has 2 aromatic heterocycles. The first kappa shape index (κ1) is 22.0. The van der Waals surface area contributed by atoms with Crippen molar-refractivity contribution in [3.05, 3.63) is 127 Å². The Morgan fingerprint density at radius 1 is 0.590 bits per heavy atom. The smallest absolute Gasteiger partial charge is 0.239 e. The maximum atomic E-state index is 5.34. The second kappa shape index (κ2) is 8.24. The molecule has 0 spiro atoms. The summed E-state index contributed by atoms with van der Waals surface area (Å²) >= 11 is 0. The lowest BCUT2D eigenvalue weighted by atomic mass is 9.89. The molecule has 0 atom stereocenters.